The van der Waals surface area contributed by atoms with Crippen molar-refractivity contribution in [3.63, 3.8) is 0 Å². The maximum Gasteiger partial charge on any atom is 0.256 e. The van der Waals surface area contributed by atoms with Gasteiger partial charge in [0, 0.05) is 6.61 Å². The molecule has 5 heteroatoms. The molecule has 1 aromatic rings. The van der Waals surface area contributed by atoms with Crippen molar-refractivity contribution in [3.05, 3.63) is 40.1 Å². The maximum atomic E-state index is 12.8. The Kier molecular flexibility index (Phi) is 5.39. The van der Waals surface area contributed by atoms with Crippen LogP contribution in [-0.2, 0) is 22.6 Å². The summed E-state index contributed by atoms with van der Waals surface area (Å²) in [5.41, 5.74) is 3.05. The summed E-state index contributed by atoms with van der Waals surface area (Å²) >= 11 is 0. The normalized spacial score (nSPS) is 25.8. The third-order valence-corrected chi connectivity index (χ3v) is 5.71. The molecule has 0 bridgehead atoms. The van der Waals surface area contributed by atoms with Gasteiger partial charge in [-0.3, -0.25) is 4.79 Å². The first-order chi connectivity index (χ1) is 12.5. The van der Waals surface area contributed by atoms with E-state index in [4.69, 9.17) is 4.74 Å². The number of carbonyl (C=O) groups excluding carboxylic acids is 1. The van der Waals surface area contributed by atoms with Crippen LogP contribution in [-0.4, -0.2) is 34.4 Å². The van der Waals surface area contributed by atoms with E-state index in [1.165, 1.54) is 0 Å². The number of amides is 1. The van der Waals surface area contributed by atoms with Gasteiger partial charge in [-0.25, -0.2) is 0 Å². The smallest absolute Gasteiger partial charge is 0.256 e. The fourth-order valence-corrected chi connectivity index (χ4v) is 4.43. The fourth-order valence-electron chi connectivity index (χ4n) is 4.43. The number of aryl methyl sites for hydroxylation is 2. The molecular formula is C21H29NO4. The van der Waals surface area contributed by atoms with E-state index in [-0.39, 0.29) is 24.4 Å². The van der Waals surface area contributed by atoms with Crippen LogP contribution in [0.2, 0.25) is 0 Å². The van der Waals surface area contributed by atoms with Gasteiger partial charge >= 0.3 is 0 Å². The highest BCUT2D eigenvalue weighted by Crippen LogP contribution is 2.43. The summed E-state index contributed by atoms with van der Waals surface area (Å²) in [6.45, 7) is 6.50. The molecule has 0 saturated heterocycles. The lowest BCUT2D eigenvalue weighted by Crippen LogP contribution is -2.48. The Morgan fingerprint density at radius 1 is 1.23 bits per heavy atom. The molecule has 0 unspecified atom stereocenters. The van der Waals surface area contributed by atoms with E-state index in [1.807, 2.05) is 32.9 Å². The molecule has 0 atom stereocenters. The number of hydrogen-bond donors (Lipinski definition) is 3. The Labute approximate surface area is 155 Å². The van der Waals surface area contributed by atoms with Crippen LogP contribution in [0, 0.1) is 6.92 Å². The molecule has 5 nitrogen and oxygen atoms in total. The van der Waals surface area contributed by atoms with Gasteiger partial charge in [0.05, 0.1) is 23.8 Å². The molecule has 26 heavy (non-hydrogen) atoms. The van der Waals surface area contributed by atoms with Crippen LogP contribution in [0.1, 0.15) is 61.8 Å². The van der Waals surface area contributed by atoms with Crippen molar-refractivity contribution < 1.29 is 19.7 Å². The monoisotopic (exact) mass is 359 g/mol. The number of ether oxygens (including phenoxy) is 1. The summed E-state index contributed by atoms with van der Waals surface area (Å²) in [5.74, 6) is -0.115. The number of aliphatic hydroxyl groups is 2. The van der Waals surface area contributed by atoms with E-state index in [0.29, 0.717) is 36.1 Å². The maximum absolute atomic E-state index is 12.8. The zero-order valence-electron chi connectivity index (χ0n) is 15.9. The van der Waals surface area contributed by atoms with Gasteiger partial charge in [0.1, 0.15) is 5.76 Å². The van der Waals surface area contributed by atoms with Crippen LogP contribution >= 0.6 is 0 Å². The van der Waals surface area contributed by atoms with Gasteiger partial charge < -0.3 is 20.3 Å². The third kappa shape index (κ3) is 3.14. The van der Waals surface area contributed by atoms with Crippen molar-refractivity contribution >= 4 is 11.5 Å². The first-order valence-electron chi connectivity index (χ1n) is 9.57. The number of carbonyl (C=O) groups is 1. The fraction of sp³-hybridized carbons (Fsp3) is 0.571. The lowest BCUT2D eigenvalue weighted by molar-refractivity contribution is -0.116. The van der Waals surface area contributed by atoms with Gasteiger partial charge in [-0.05, 0) is 62.6 Å². The third-order valence-electron chi connectivity index (χ3n) is 5.71. The Morgan fingerprint density at radius 2 is 1.88 bits per heavy atom. The highest BCUT2D eigenvalue weighted by Gasteiger charge is 2.48. The molecule has 2 aliphatic rings. The van der Waals surface area contributed by atoms with Crippen molar-refractivity contribution in [2.45, 2.75) is 71.1 Å². The number of aliphatic hydroxyl groups excluding tert-OH is 2. The number of benzene rings is 1. The lowest BCUT2D eigenvalue weighted by atomic mass is 9.78. The Balaban J connectivity index is 2.03. The lowest BCUT2D eigenvalue weighted by Gasteiger charge is -2.37. The van der Waals surface area contributed by atoms with Crippen molar-refractivity contribution in [1.82, 2.24) is 5.32 Å². The standard InChI is InChI=1S/C21H29NO4/c1-4-14-10-13(3)11-15(12-23)17(14)18-19(24)21(22-20(18)25)8-6-16(7-9-21)26-5-2/h10-11,16,23-24H,4-9,12H2,1-3H3,(H,22,25). The Bertz CT molecular complexity index is 705. The second-order valence-electron chi connectivity index (χ2n) is 7.38. The molecule has 1 spiro atoms. The van der Waals surface area contributed by atoms with Crippen molar-refractivity contribution in [2.24, 2.45) is 0 Å². The van der Waals surface area contributed by atoms with Crippen molar-refractivity contribution in [1.29, 1.82) is 0 Å². The highest BCUT2D eigenvalue weighted by atomic mass is 16.5. The van der Waals surface area contributed by atoms with Crippen LogP contribution in [0.15, 0.2) is 17.9 Å². The van der Waals surface area contributed by atoms with E-state index in [1.54, 1.807) is 0 Å². The summed E-state index contributed by atoms with van der Waals surface area (Å²) in [6.07, 6.45) is 3.88. The highest BCUT2D eigenvalue weighted by molar-refractivity contribution is 6.24. The van der Waals surface area contributed by atoms with Gasteiger partial charge in [-0.1, -0.05) is 24.6 Å². The molecule has 1 aliphatic heterocycles. The minimum absolute atomic E-state index is 0.130. The SMILES string of the molecule is CCOC1CCC2(CC1)NC(=O)C(c1c(CC)cc(C)cc1CO)=C2O. The van der Waals surface area contributed by atoms with Crippen LogP contribution in [0.4, 0.5) is 0 Å². The molecule has 142 valence electrons. The van der Waals surface area contributed by atoms with E-state index < -0.39 is 5.54 Å². The van der Waals surface area contributed by atoms with E-state index in [0.717, 1.165) is 30.4 Å². The predicted octanol–water partition coefficient (Wildman–Crippen LogP) is 3.17. The molecule has 0 aromatic heterocycles. The van der Waals surface area contributed by atoms with Crippen LogP contribution < -0.4 is 5.32 Å². The minimum Gasteiger partial charge on any atom is -0.509 e. The van der Waals surface area contributed by atoms with Gasteiger partial charge in [-0.15, -0.1) is 0 Å². The van der Waals surface area contributed by atoms with Crippen LogP contribution in [0.25, 0.3) is 5.57 Å². The van der Waals surface area contributed by atoms with E-state index >= 15 is 0 Å². The van der Waals surface area contributed by atoms with E-state index in [9.17, 15) is 15.0 Å². The average molecular weight is 359 g/mol. The number of hydrogen-bond acceptors (Lipinski definition) is 4. The van der Waals surface area contributed by atoms with Gasteiger partial charge in [-0.2, -0.15) is 0 Å². The average Bonchev–Trinajstić information content (AvgIpc) is 2.86. The summed E-state index contributed by atoms with van der Waals surface area (Å²) < 4.78 is 5.70. The Morgan fingerprint density at radius 3 is 2.46 bits per heavy atom. The summed E-state index contributed by atoms with van der Waals surface area (Å²) in [5, 5.41) is 24.0. The van der Waals surface area contributed by atoms with Gasteiger partial charge in [0.25, 0.3) is 5.91 Å². The number of nitrogens with one attached hydrogen (secondary N) is 1. The minimum atomic E-state index is -0.692. The molecule has 1 saturated carbocycles. The molecule has 1 aromatic carbocycles. The molecule has 1 amide bonds. The quantitative estimate of drug-likeness (QED) is 0.754. The summed E-state index contributed by atoms with van der Waals surface area (Å²) in [4.78, 5) is 12.8. The molecule has 1 aliphatic carbocycles. The first kappa shape index (κ1) is 18.9. The molecule has 1 fully saturated rings. The second-order valence-corrected chi connectivity index (χ2v) is 7.38. The van der Waals surface area contributed by atoms with Gasteiger partial charge in [0.15, 0.2) is 0 Å². The van der Waals surface area contributed by atoms with Gasteiger partial charge in [0.2, 0.25) is 0 Å². The van der Waals surface area contributed by atoms with Crippen molar-refractivity contribution in [3.8, 4) is 0 Å². The van der Waals surface area contributed by atoms with E-state index in [2.05, 4.69) is 5.32 Å². The molecule has 1 heterocycles. The molecular weight excluding hydrogens is 330 g/mol. The zero-order chi connectivity index (χ0) is 18.9. The largest absolute Gasteiger partial charge is 0.509 e. The molecule has 3 N–H and O–H groups in total. The Hall–Kier alpha value is -1.85. The van der Waals surface area contributed by atoms with Crippen LogP contribution in [0.3, 0.4) is 0 Å². The van der Waals surface area contributed by atoms with Crippen LogP contribution in [0.5, 0.6) is 0 Å². The molecule has 3 rings (SSSR count). The zero-order valence-corrected chi connectivity index (χ0v) is 15.9. The first-order valence-corrected chi connectivity index (χ1v) is 9.57. The number of rotatable bonds is 5. The second kappa shape index (κ2) is 7.41. The predicted molar refractivity (Wildman–Crippen MR) is 101 cm³/mol. The van der Waals surface area contributed by atoms with Crippen molar-refractivity contribution in [2.75, 3.05) is 6.61 Å². The topological polar surface area (TPSA) is 78.8 Å². The summed E-state index contributed by atoms with van der Waals surface area (Å²) in [7, 11) is 0. The summed E-state index contributed by atoms with van der Waals surface area (Å²) in [6, 6.07) is 3.91. The molecule has 0 radical (unpaired) electrons.